The average molecular weight is 233 g/mol. The lowest BCUT2D eigenvalue weighted by atomic mass is 9.95. The van der Waals surface area contributed by atoms with Crippen LogP contribution in [0.15, 0.2) is 18.2 Å². The van der Waals surface area contributed by atoms with Crippen molar-refractivity contribution in [2.45, 2.75) is 45.9 Å². The van der Waals surface area contributed by atoms with Crippen molar-refractivity contribution in [2.24, 2.45) is 5.92 Å². The molecule has 0 radical (unpaired) electrons. The second kappa shape index (κ2) is 5.65. The third-order valence-electron chi connectivity index (χ3n) is 3.53. The summed E-state index contributed by atoms with van der Waals surface area (Å²) in [5.41, 5.74) is 4.12. The maximum Gasteiger partial charge on any atom is 0.0725 e. The first-order chi connectivity index (χ1) is 8.20. The Kier molecular flexibility index (Phi) is 4.19. The third-order valence-corrected chi connectivity index (χ3v) is 3.53. The molecule has 0 amide bonds. The molecule has 0 fully saturated rings. The second-order valence-corrected chi connectivity index (χ2v) is 5.33. The number of hydrogen-bond donors (Lipinski definition) is 1. The normalized spacial score (nSPS) is 16.2. The van der Waals surface area contributed by atoms with Crippen molar-refractivity contribution in [2.75, 3.05) is 7.05 Å². The zero-order valence-electron chi connectivity index (χ0n) is 11.1. The number of rotatable bonds is 5. The number of fused-ring (bicyclic) bond motifs is 1. The van der Waals surface area contributed by atoms with E-state index in [1.54, 1.807) is 0 Å². The maximum atomic E-state index is 5.46. The molecule has 0 saturated heterocycles. The molecule has 1 aromatic rings. The lowest BCUT2D eigenvalue weighted by molar-refractivity contribution is 0.134. The van der Waals surface area contributed by atoms with E-state index in [1.165, 1.54) is 29.5 Å². The van der Waals surface area contributed by atoms with Crippen molar-refractivity contribution < 1.29 is 4.74 Å². The average Bonchev–Trinajstić information content (AvgIpc) is 2.76. The van der Waals surface area contributed by atoms with Crippen LogP contribution in [-0.4, -0.2) is 7.05 Å². The van der Waals surface area contributed by atoms with Gasteiger partial charge in [0.2, 0.25) is 0 Å². The summed E-state index contributed by atoms with van der Waals surface area (Å²) in [5.74, 6) is 0.767. The van der Waals surface area contributed by atoms with E-state index < -0.39 is 0 Å². The van der Waals surface area contributed by atoms with Crippen molar-refractivity contribution >= 4 is 0 Å². The van der Waals surface area contributed by atoms with Crippen molar-refractivity contribution in [3.05, 3.63) is 34.9 Å². The predicted octanol–water partition coefficient (Wildman–Crippen LogP) is 3.41. The first-order valence-electron chi connectivity index (χ1n) is 6.57. The van der Waals surface area contributed by atoms with E-state index in [4.69, 9.17) is 4.74 Å². The molecule has 1 aliphatic heterocycles. The van der Waals surface area contributed by atoms with Crippen molar-refractivity contribution in [3.8, 4) is 0 Å². The van der Waals surface area contributed by atoms with E-state index in [9.17, 15) is 0 Å². The fourth-order valence-corrected chi connectivity index (χ4v) is 2.39. The van der Waals surface area contributed by atoms with E-state index in [-0.39, 0.29) is 0 Å². The van der Waals surface area contributed by atoms with Crippen LogP contribution in [0.3, 0.4) is 0 Å². The van der Waals surface area contributed by atoms with Gasteiger partial charge in [0, 0.05) is 6.04 Å². The molecule has 2 rings (SSSR count). The quantitative estimate of drug-likeness (QED) is 0.841. The first kappa shape index (κ1) is 12.6. The standard InChI is InChI=1S/C15H23NO/c1-11(2)4-7-15(16-3)12-5-6-13-9-17-10-14(13)8-12/h5-6,8,11,15-16H,4,7,9-10H2,1-3H3. The van der Waals surface area contributed by atoms with Crippen molar-refractivity contribution in [1.29, 1.82) is 0 Å². The Labute approximate surface area is 104 Å². The largest absolute Gasteiger partial charge is 0.372 e. The SMILES string of the molecule is CNC(CCC(C)C)c1ccc2c(c1)COC2. The van der Waals surface area contributed by atoms with Gasteiger partial charge in [0.15, 0.2) is 0 Å². The van der Waals surface area contributed by atoms with Gasteiger partial charge in [-0.25, -0.2) is 0 Å². The Hall–Kier alpha value is -0.860. The Morgan fingerprint density at radius 2 is 1.94 bits per heavy atom. The van der Waals surface area contributed by atoms with Gasteiger partial charge in [-0.3, -0.25) is 0 Å². The predicted molar refractivity (Wildman–Crippen MR) is 70.8 cm³/mol. The van der Waals surface area contributed by atoms with Crippen LogP contribution in [0, 0.1) is 5.92 Å². The molecule has 0 aromatic heterocycles. The monoisotopic (exact) mass is 233 g/mol. The number of nitrogens with one attached hydrogen (secondary N) is 1. The van der Waals surface area contributed by atoms with E-state index in [0.717, 1.165) is 19.1 Å². The van der Waals surface area contributed by atoms with Crippen LogP contribution in [-0.2, 0) is 18.0 Å². The highest BCUT2D eigenvalue weighted by atomic mass is 16.5. The fraction of sp³-hybridized carbons (Fsp3) is 0.600. The van der Waals surface area contributed by atoms with E-state index in [1.807, 2.05) is 0 Å². The molecule has 1 aromatic carbocycles. The van der Waals surface area contributed by atoms with Gasteiger partial charge in [-0.2, -0.15) is 0 Å². The Morgan fingerprint density at radius 3 is 2.65 bits per heavy atom. The molecular weight excluding hydrogens is 210 g/mol. The zero-order valence-corrected chi connectivity index (χ0v) is 11.1. The third kappa shape index (κ3) is 3.08. The summed E-state index contributed by atoms with van der Waals surface area (Å²) in [5, 5.41) is 3.42. The molecule has 1 heterocycles. The van der Waals surface area contributed by atoms with Crippen LogP contribution >= 0.6 is 0 Å². The Morgan fingerprint density at radius 1 is 1.18 bits per heavy atom. The van der Waals surface area contributed by atoms with Gasteiger partial charge in [-0.15, -0.1) is 0 Å². The molecule has 0 saturated carbocycles. The molecule has 1 N–H and O–H groups in total. The highest BCUT2D eigenvalue weighted by molar-refractivity contribution is 5.34. The minimum absolute atomic E-state index is 0.475. The highest BCUT2D eigenvalue weighted by Gasteiger charge is 2.15. The van der Waals surface area contributed by atoms with Crippen molar-refractivity contribution in [3.63, 3.8) is 0 Å². The summed E-state index contributed by atoms with van der Waals surface area (Å²) in [7, 11) is 2.05. The molecule has 94 valence electrons. The summed E-state index contributed by atoms with van der Waals surface area (Å²) in [6.45, 7) is 6.13. The molecule has 0 spiro atoms. The molecule has 2 nitrogen and oxygen atoms in total. The lowest BCUT2D eigenvalue weighted by Gasteiger charge is -2.18. The second-order valence-electron chi connectivity index (χ2n) is 5.33. The van der Waals surface area contributed by atoms with Gasteiger partial charge in [-0.1, -0.05) is 32.0 Å². The Balaban J connectivity index is 2.08. The van der Waals surface area contributed by atoms with Crippen LogP contribution in [0.4, 0.5) is 0 Å². The highest BCUT2D eigenvalue weighted by Crippen LogP contribution is 2.26. The number of ether oxygens (including phenoxy) is 1. The maximum absolute atomic E-state index is 5.46. The molecular formula is C15H23NO. The minimum atomic E-state index is 0.475. The molecule has 17 heavy (non-hydrogen) atoms. The van der Waals surface area contributed by atoms with E-state index in [2.05, 4.69) is 44.4 Å². The summed E-state index contributed by atoms with van der Waals surface area (Å²) in [4.78, 5) is 0. The summed E-state index contributed by atoms with van der Waals surface area (Å²) < 4.78 is 5.46. The number of benzene rings is 1. The van der Waals surface area contributed by atoms with Crippen LogP contribution < -0.4 is 5.32 Å². The molecule has 1 atom stereocenters. The fourth-order valence-electron chi connectivity index (χ4n) is 2.39. The topological polar surface area (TPSA) is 21.3 Å². The van der Waals surface area contributed by atoms with Crippen LogP contribution in [0.25, 0.3) is 0 Å². The summed E-state index contributed by atoms with van der Waals surface area (Å²) in [6.07, 6.45) is 2.47. The molecule has 1 aliphatic rings. The van der Waals surface area contributed by atoms with Crippen molar-refractivity contribution in [1.82, 2.24) is 5.32 Å². The van der Waals surface area contributed by atoms with E-state index in [0.29, 0.717) is 6.04 Å². The van der Waals surface area contributed by atoms with Gasteiger partial charge >= 0.3 is 0 Å². The van der Waals surface area contributed by atoms with Crippen LogP contribution in [0.1, 0.15) is 49.4 Å². The van der Waals surface area contributed by atoms with Crippen LogP contribution in [0.5, 0.6) is 0 Å². The molecule has 2 heteroatoms. The first-order valence-corrected chi connectivity index (χ1v) is 6.57. The molecule has 0 aliphatic carbocycles. The van der Waals surface area contributed by atoms with Crippen LogP contribution in [0.2, 0.25) is 0 Å². The van der Waals surface area contributed by atoms with Gasteiger partial charge < -0.3 is 10.1 Å². The molecule has 1 unspecified atom stereocenters. The molecule has 0 bridgehead atoms. The van der Waals surface area contributed by atoms with E-state index >= 15 is 0 Å². The van der Waals surface area contributed by atoms with Gasteiger partial charge in [0.25, 0.3) is 0 Å². The van der Waals surface area contributed by atoms with Gasteiger partial charge in [0.1, 0.15) is 0 Å². The van der Waals surface area contributed by atoms with Gasteiger partial charge in [-0.05, 0) is 42.5 Å². The Bertz CT molecular complexity index is 373. The lowest BCUT2D eigenvalue weighted by Crippen LogP contribution is -2.17. The minimum Gasteiger partial charge on any atom is -0.372 e. The zero-order chi connectivity index (χ0) is 12.3. The summed E-state index contributed by atoms with van der Waals surface area (Å²) in [6, 6.07) is 7.25. The number of hydrogen-bond acceptors (Lipinski definition) is 2. The smallest absolute Gasteiger partial charge is 0.0725 e. The summed E-state index contributed by atoms with van der Waals surface area (Å²) >= 11 is 0. The van der Waals surface area contributed by atoms with Gasteiger partial charge in [0.05, 0.1) is 13.2 Å².